The Kier molecular flexibility index (Phi) is 4.83. The van der Waals surface area contributed by atoms with Crippen LogP contribution in [0.1, 0.15) is 64.2 Å². The molecule has 16 heavy (non-hydrogen) atoms. The quantitative estimate of drug-likeness (QED) is 0.796. The van der Waals surface area contributed by atoms with Crippen LogP contribution in [0.15, 0.2) is 0 Å². The van der Waals surface area contributed by atoms with Crippen molar-refractivity contribution in [3.8, 4) is 0 Å². The molecule has 1 saturated carbocycles. The zero-order chi connectivity index (χ0) is 11.2. The number of carbonyl (C=O) groups excluding carboxylic acids is 1. The summed E-state index contributed by atoms with van der Waals surface area (Å²) in [6.45, 7) is 1.11. The zero-order valence-corrected chi connectivity index (χ0v) is 10.3. The van der Waals surface area contributed by atoms with Crippen molar-refractivity contribution in [2.24, 2.45) is 5.92 Å². The molecule has 0 aromatic rings. The highest BCUT2D eigenvalue weighted by Gasteiger charge is 2.24. The van der Waals surface area contributed by atoms with E-state index in [1.807, 2.05) is 0 Å². The summed E-state index contributed by atoms with van der Waals surface area (Å²) in [5.74, 6) is 0.943. The first kappa shape index (κ1) is 12.1. The van der Waals surface area contributed by atoms with E-state index in [2.05, 4.69) is 5.32 Å². The molecular formula is C14H25NO. The molecule has 1 unspecified atom stereocenters. The summed E-state index contributed by atoms with van der Waals surface area (Å²) < 4.78 is 0. The molecule has 0 amide bonds. The van der Waals surface area contributed by atoms with Gasteiger partial charge in [-0.05, 0) is 32.2 Å². The van der Waals surface area contributed by atoms with Crippen LogP contribution in [-0.4, -0.2) is 18.4 Å². The molecule has 2 heteroatoms. The first-order chi connectivity index (χ1) is 7.86. The fourth-order valence-electron chi connectivity index (χ4n) is 3.11. The lowest BCUT2D eigenvalue weighted by Crippen LogP contribution is -2.33. The van der Waals surface area contributed by atoms with Gasteiger partial charge >= 0.3 is 0 Å². The maximum absolute atomic E-state index is 12.1. The van der Waals surface area contributed by atoms with Gasteiger partial charge in [0.05, 0.1) is 0 Å². The van der Waals surface area contributed by atoms with Crippen molar-refractivity contribution < 1.29 is 4.79 Å². The summed E-state index contributed by atoms with van der Waals surface area (Å²) in [5, 5.41) is 3.53. The number of carbonyl (C=O) groups is 1. The Balaban J connectivity index is 1.76. The van der Waals surface area contributed by atoms with Gasteiger partial charge in [-0.15, -0.1) is 0 Å². The van der Waals surface area contributed by atoms with Crippen molar-refractivity contribution in [2.45, 2.75) is 70.3 Å². The molecule has 0 spiro atoms. The van der Waals surface area contributed by atoms with E-state index < -0.39 is 0 Å². The van der Waals surface area contributed by atoms with Crippen molar-refractivity contribution in [3.63, 3.8) is 0 Å². The first-order valence-corrected chi connectivity index (χ1v) is 7.12. The minimum absolute atomic E-state index is 0.402. The van der Waals surface area contributed by atoms with Gasteiger partial charge in [-0.2, -0.15) is 0 Å². The molecule has 2 fully saturated rings. The van der Waals surface area contributed by atoms with Crippen LogP contribution in [0.4, 0.5) is 0 Å². The van der Waals surface area contributed by atoms with Gasteiger partial charge in [0.2, 0.25) is 0 Å². The van der Waals surface area contributed by atoms with Gasteiger partial charge < -0.3 is 5.32 Å². The number of nitrogens with one attached hydrogen (secondary N) is 1. The molecule has 0 aromatic carbocycles. The largest absolute Gasteiger partial charge is 0.314 e. The van der Waals surface area contributed by atoms with E-state index >= 15 is 0 Å². The lowest BCUT2D eigenvalue weighted by atomic mass is 9.84. The van der Waals surface area contributed by atoms with E-state index in [1.54, 1.807) is 0 Å². The zero-order valence-electron chi connectivity index (χ0n) is 10.3. The second-order valence-corrected chi connectivity index (χ2v) is 5.51. The van der Waals surface area contributed by atoms with Crippen LogP contribution in [-0.2, 0) is 4.79 Å². The summed E-state index contributed by atoms with van der Waals surface area (Å²) >= 11 is 0. The van der Waals surface area contributed by atoms with Gasteiger partial charge in [0.15, 0.2) is 0 Å². The van der Waals surface area contributed by atoms with Gasteiger partial charge in [-0.1, -0.05) is 32.1 Å². The molecule has 2 aliphatic rings. The Hall–Kier alpha value is -0.370. The summed E-state index contributed by atoms with van der Waals surface area (Å²) in [7, 11) is 0. The second-order valence-electron chi connectivity index (χ2n) is 5.51. The molecule has 1 atom stereocenters. The Labute approximate surface area is 99.2 Å². The molecule has 1 N–H and O–H groups in total. The lowest BCUT2D eigenvalue weighted by Gasteiger charge is -2.23. The van der Waals surface area contributed by atoms with Crippen LogP contribution in [0.25, 0.3) is 0 Å². The molecule has 0 bridgehead atoms. The molecule has 0 radical (unpaired) electrons. The van der Waals surface area contributed by atoms with Crippen molar-refractivity contribution in [1.29, 1.82) is 0 Å². The molecule has 0 aromatic heterocycles. The highest BCUT2D eigenvalue weighted by molar-refractivity contribution is 5.81. The van der Waals surface area contributed by atoms with E-state index in [9.17, 15) is 4.79 Å². The highest BCUT2D eigenvalue weighted by atomic mass is 16.1. The fraction of sp³-hybridized carbons (Fsp3) is 0.929. The Morgan fingerprint density at radius 3 is 2.44 bits per heavy atom. The monoisotopic (exact) mass is 223 g/mol. The average Bonchev–Trinajstić information content (AvgIpc) is 2.59. The van der Waals surface area contributed by atoms with Gasteiger partial charge in [0.1, 0.15) is 5.78 Å². The number of hydrogen-bond acceptors (Lipinski definition) is 2. The van der Waals surface area contributed by atoms with Gasteiger partial charge in [-0.25, -0.2) is 0 Å². The van der Waals surface area contributed by atoms with Crippen LogP contribution in [0.5, 0.6) is 0 Å². The normalized spacial score (nSPS) is 28.6. The standard InChI is InChI=1S/C14H25NO/c16-14(12-7-3-1-4-8-12)11-13-9-5-2-6-10-15-13/h12-13,15H,1-11H2. The van der Waals surface area contributed by atoms with Crippen LogP contribution in [0, 0.1) is 5.92 Å². The third-order valence-corrected chi connectivity index (χ3v) is 4.17. The number of ketones is 1. The van der Waals surface area contributed by atoms with Crippen LogP contribution < -0.4 is 5.32 Å². The van der Waals surface area contributed by atoms with E-state index in [0.29, 0.717) is 17.7 Å². The van der Waals surface area contributed by atoms with Gasteiger partial charge in [-0.3, -0.25) is 4.79 Å². The number of Topliss-reactive ketones (excluding diaryl/α,β-unsaturated/α-hetero) is 1. The van der Waals surface area contributed by atoms with Crippen molar-refractivity contribution in [3.05, 3.63) is 0 Å². The van der Waals surface area contributed by atoms with Crippen LogP contribution in [0.2, 0.25) is 0 Å². The van der Waals surface area contributed by atoms with Crippen LogP contribution >= 0.6 is 0 Å². The minimum atomic E-state index is 0.402. The predicted octanol–water partition coefficient (Wildman–Crippen LogP) is 3.06. The Morgan fingerprint density at radius 2 is 1.62 bits per heavy atom. The first-order valence-electron chi connectivity index (χ1n) is 7.12. The Bertz CT molecular complexity index is 213. The summed E-state index contributed by atoms with van der Waals surface area (Å²) in [6, 6.07) is 0.483. The molecule has 1 aliphatic carbocycles. The van der Waals surface area contributed by atoms with Crippen molar-refractivity contribution in [2.75, 3.05) is 6.54 Å². The predicted molar refractivity (Wildman–Crippen MR) is 66.5 cm³/mol. The maximum atomic E-state index is 12.1. The Morgan fingerprint density at radius 1 is 0.938 bits per heavy atom. The van der Waals surface area contributed by atoms with Crippen molar-refractivity contribution >= 4 is 5.78 Å². The second kappa shape index (κ2) is 6.39. The topological polar surface area (TPSA) is 29.1 Å². The minimum Gasteiger partial charge on any atom is -0.314 e. The highest BCUT2D eigenvalue weighted by Crippen LogP contribution is 2.26. The maximum Gasteiger partial charge on any atom is 0.137 e. The van der Waals surface area contributed by atoms with E-state index in [0.717, 1.165) is 25.8 Å². The number of rotatable bonds is 3. The molecule has 92 valence electrons. The fourth-order valence-corrected chi connectivity index (χ4v) is 3.11. The van der Waals surface area contributed by atoms with Gasteiger partial charge in [0, 0.05) is 18.4 Å². The third-order valence-electron chi connectivity index (χ3n) is 4.17. The van der Waals surface area contributed by atoms with E-state index in [1.165, 1.54) is 44.9 Å². The molecule has 2 rings (SSSR count). The molecular weight excluding hydrogens is 198 g/mol. The lowest BCUT2D eigenvalue weighted by molar-refractivity contribution is -0.124. The van der Waals surface area contributed by atoms with Crippen molar-refractivity contribution in [1.82, 2.24) is 5.32 Å². The SMILES string of the molecule is O=C(CC1CCCCCN1)C1CCCCC1. The van der Waals surface area contributed by atoms with Gasteiger partial charge in [0.25, 0.3) is 0 Å². The summed E-state index contributed by atoms with van der Waals surface area (Å²) in [4.78, 5) is 12.1. The molecule has 1 heterocycles. The molecule has 1 saturated heterocycles. The summed E-state index contributed by atoms with van der Waals surface area (Å²) in [5.41, 5.74) is 0. The van der Waals surface area contributed by atoms with E-state index in [-0.39, 0.29) is 0 Å². The smallest absolute Gasteiger partial charge is 0.137 e. The third kappa shape index (κ3) is 3.58. The number of hydrogen-bond donors (Lipinski definition) is 1. The van der Waals surface area contributed by atoms with Crippen LogP contribution in [0.3, 0.4) is 0 Å². The average molecular weight is 223 g/mol. The molecule has 2 nitrogen and oxygen atoms in total. The van der Waals surface area contributed by atoms with E-state index in [4.69, 9.17) is 0 Å². The summed E-state index contributed by atoms with van der Waals surface area (Å²) in [6.07, 6.45) is 12.1. The molecule has 1 aliphatic heterocycles.